The summed E-state index contributed by atoms with van der Waals surface area (Å²) in [5.74, 6) is 0.318. The van der Waals surface area contributed by atoms with Crippen LogP contribution in [0.3, 0.4) is 0 Å². The molecule has 0 aliphatic carbocycles. The van der Waals surface area contributed by atoms with Crippen LogP contribution in [-0.2, 0) is 0 Å². The number of nitrogens with zero attached hydrogens (tertiary/aromatic N) is 2. The van der Waals surface area contributed by atoms with Gasteiger partial charge in [0.2, 0.25) is 0 Å². The van der Waals surface area contributed by atoms with Gasteiger partial charge in [0.15, 0.2) is 0 Å². The Labute approximate surface area is 170 Å². The van der Waals surface area contributed by atoms with Crippen molar-refractivity contribution in [3.8, 4) is 5.69 Å². The molecule has 1 amide bonds. The molecule has 1 aromatic carbocycles. The molecule has 2 aromatic heterocycles. The lowest BCUT2D eigenvalue weighted by molar-refractivity contribution is 0.0473. The lowest BCUT2D eigenvalue weighted by atomic mass is 9.90. The lowest BCUT2D eigenvalue weighted by Crippen LogP contribution is -2.39. The van der Waals surface area contributed by atoms with Crippen LogP contribution in [0.1, 0.15) is 45.6 Å². The van der Waals surface area contributed by atoms with Crippen molar-refractivity contribution in [3.05, 3.63) is 75.7 Å². The second-order valence-corrected chi connectivity index (χ2v) is 8.52. The van der Waals surface area contributed by atoms with Gasteiger partial charge in [0.1, 0.15) is 0 Å². The highest BCUT2D eigenvalue weighted by molar-refractivity contribution is 7.10. The van der Waals surface area contributed by atoms with Gasteiger partial charge in [-0.05, 0) is 62.3 Å². The molecule has 1 atom stereocenters. The van der Waals surface area contributed by atoms with Crippen LogP contribution in [0.15, 0.2) is 53.9 Å². The molecule has 28 heavy (non-hydrogen) atoms. The van der Waals surface area contributed by atoms with Gasteiger partial charge >= 0.3 is 0 Å². The van der Waals surface area contributed by atoms with Crippen molar-refractivity contribution in [2.75, 3.05) is 13.1 Å². The van der Waals surface area contributed by atoms with E-state index in [4.69, 9.17) is 0 Å². The number of carbonyl (C=O) groups excluding carboxylic acids is 1. The van der Waals surface area contributed by atoms with Gasteiger partial charge in [-0.1, -0.05) is 24.3 Å². The molecule has 4 nitrogen and oxygen atoms in total. The molecule has 3 heterocycles. The SMILES string of the molecule is Cc1cc(C(=O)N2CCC(C(O)c3cccs3)CC2)c(C)n1-c1ccccc1. The number of para-hydroxylation sites is 1. The summed E-state index contributed by atoms with van der Waals surface area (Å²) in [7, 11) is 0. The zero-order chi connectivity index (χ0) is 19.7. The van der Waals surface area contributed by atoms with Gasteiger partial charge in [0.05, 0.1) is 11.7 Å². The molecule has 1 N–H and O–H groups in total. The van der Waals surface area contributed by atoms with E-state index in [0.29, 0.717) is 13.1 Å². The average molecular weight is 395 g/mol. The van der Waals surface area contributed by atoms with Gasteiger partial charge in [-0.3, -0.25) is 4.79 Å². The highest BCUT2D eigenvalue weighted by Gasteiger charge is 2.30. The zero-order valence-electron chi connectivity index (χ0n) is 16.3. The maximum atomic E-state index is 13.2. The van der Waals surface area contributed by atoms with Gasteiger partial charge in [-0.25, -0.2) is 0 Å². The van der Waals surface area contributed by atoms with E-state index in [1.54, 1.807) is 11.3 Å². The van der Waals surface area contributed by atoms with Crippen molar-refractivity contribution < 1.29 is 9.90 Å². The van der Waals surface area contributed by atoms with Crippen LogP contribution in [0.4, 0.5) is 0 Å². The Kier molecular flexibility index (Phi) is 5.38. The predicted molar refractivity (Wildman–Crippen MR) is 113 cm³/mol. The first-order valence-corrected chi connectivity index (χ1v) is 10.7. The molecule has 0 bridgehead atoms. The topological polar surface area (TPSA) is 45.5 Å². The van der Waals surface area contributed by atoms with E-state index < -0.39 is 6.10 Å². The number of aliphatic hydroxyl groups excluding tert-OH is 1. The summed E-state index contributed by atoms with van der Waals surface area (Å²) in [6.45, 7) is 5.45. The van der Waals surface area contributed by atoms with E-state index >= 15 is 0 Å². The maximum absolute atomic E-state index is 13.2. The van der Waals surface area contributed by atoms with Crippen molar-refractivity contribution >= 4 is 17.2 Å². The van der Waals surface area contributed by atoms with Crippen molar-refractivity contribution in [2.45, 2.75) is 32.8 Å². The first-order valence-electron chi connectivity index (χ1n) is 9.81. The lowest BCUT2D eigenvalue weighted by Gasteiger charge is -2.34. The monoisotopic (exact) mass is 394 g/mol. The Morgan fingerprint density at radius 3 is 2.46 bits per heavy atom. The van der Waals surface area contributed by atoms with E-state index in [1.165, 1.54) is 0 Å². The van der Waals surface area contributed by atoms with Gasteiger partial charge in [-0.15, -0.1) is 11.3 Å². The quantitative estimate of drug-likeness (QED) is 0.695. The highest BCUT2D eigenvalue weighted by atomic mass is 32.1. The van der Waals surface area contributed by atoms with Gasteiger partial charge in [-0.2, -0.15) is 0 Å². The molecular weight excluding hydrogens is 368 g/mol. The fourth-order valence-electron chi connectivity index (χ4n) is 4.23. The second-order valence-electron chi connectivity index (χ2n) is 7.55. The Morgan fingerprint density at radius 1 is 1.11 bits per heavy atom. The van der Waals surface area contributed by atoms with E-state index in [0.717, 1.165) is 40.4 Å². The number of carbonyl (C=O) groups is 1. The molecule has 5 heteroatoms. The van der Waals surface area contributed by atoms with Crippen LogP contribution >= 0.6 is 11.3 Å². The van der Waals surface area contributed by atoms with Crippen LogP contribution < -0.4 is 0 Å². The molecule has 1 saturated heterocycles. The standard InChI is InChI=1S/C23H26N2O2S/c1-16-15-20(17(2)25(16)19-7-4-3-5-8-19)23(27)24-12-10-18(11-13-24)22(26)21-9-6-14-28-21/h3-9,14-15,18,22,26H,10-13H2,1-2H3. The molecule has 1 aliphatic rings. The van der Waals surface area contributed by atoms with Crippen LogP contribution in [0, 0.1) is 19.8 Å². The Bertz CT molecular complexity index is 939. The number of piperidine rings is 1. The van der Waals surface area contributed by atoms with Crippen molar-refractivity contribution in [1.29, 1.82) is 0 Å². The summed E-state index contributed by atoms with van der Waals surface area (Å²) in [4.78, 5) is 16.1. The third-order valence-electron chi connectivity index (χ3n) is 5.78. The molecule has 0 saturated carbocycles. The summed E-state index contributed by atoms with van der Waals surface area (Å²) in [6.07, 6.45) is 1.25. The summed E-state index contributed by atoms with van der Waals surface area (Å²) in [6, 6.07) is 16.1. The molecule has 1 aliphatic heterocycles. The van der Waals surface area contributed by atoms with Gasteiger partial charge in [0, 0.05) is 35.0 Å². The molecule has 4 rings (SSSR count). The van der Waals surface area contributed by atoms with E-state index in [1.807, 2.05) is 60.5 Å². The van der Waals surface area contributed by atoms with Gasteiger partial charge in [0.25, 0.3) is 5.91 Å². The summed E-state index contributed by atoms with van der Waals surface area (Å²) >= 11 is 1.60. The molecule has 1 unspecified atom stereocenters. The minimum absolute atomic E-state index is 0.0966. The number of thiophene rings is 1. The predicted octanol–water partition coefficient (Wildman–Crippen LogP) is 4.74. The number of hydrogen-bond acceptors (Lipinski definition) is 3. The summed E-state index contributed by atoms with van der Waals surface area (Å²) < 4.78 is 2.14. The number of aromatic nitrogens is 1. The number of benzene rings is 1. The fraction of sp³-hybridized carbons (Fsp3) is 0.348. The fourth-order valence-corrected chi connectivity index (χ4v) is 5.04. The second kappa shape index (κ2) is 7.94. The van der Waals surface area contributed by atoms with E-state index in [-0.39, 0.29) is 11.8 Å². The number of aryl methyl sites for hydroxylation is 1. The zero-order valence-corrected chi connectivity index (χ0v) is 17.2. The highest BCUT2D eigenvalue weighted by Crippen LogP contribution is 2.33. The van der Waals surface area contributed by atoms with Crippen LogP contribution in [0.25, 0.3) is 5.69 Å². The minimum atomic E-state index is -0.416. The molecule has 146 valence electrons. The maximum Gasteiger partial charge on any atom is 0.255 e. The minimum Gasteiger partial charge on any atom is -0.387 e. The molecule has 3 aromatic rings. The van der Waals surface area contributed by atoms with Crippen LogP contribution in [0.2, 0.25) is 0 Å². The first-order chi connectivity index (χ1) is 13.6. The smallest absolute Gasteiger partial charge is 0.255 e. The molecular formula is C23H26N2O2S. The van der Waals surface area contributed by atoms with Gasteiger partial charge < -0.3 is 14.6 Å². The molecule has 1 fully saturated rings. The number of hydrogen-bond donors (Lipinski definition) is 1. The van der Waals surface area contributed by atoms with E-state index in [2.05, 4.69) is 16.7 Å². The molecule has 0 spiro atoms. The number of amides is 1. The Balaban J connectivity index is 1.48. The van der Waals surface area contributed by atoms with Crippen LogP contribution in [-0.4, -0.2) is 33.6 Å². The summed E-state index contributed by atoms with van der Waals surface area (Å²) in [5, 5.41) is 12.6. The third kappa shape index (κ3) is 3.52. The van der Waals surface area contributed by atoms with Crippen LogP contribution in [0.5, 0.6) is 0 Å². The Hall–Kier alpha value is -2.37. The molecule has 0 radical (unpaired) electrons. The van der Waals surface area contributed by atoms with Crippen molar-refractivity contribution in [2.24, 2.45) is 5.92 Å². The normalized spacial score (nSPS) is 16.3. The first kappa shape index (κ1) is 19.0. The number of rotatable bonds is 4. The Morgan fingerprint density at radius 2 is 1.82 bits per heavy atom. The number of likely N-dealkylation sites (tertiary alicyclic amines) is 1. The average Bonchev–Trinajstić information content (AvgIpc) is 3.36. The summed E-state index contributed by atoms with van der Waals surface area (Å²) in [5.41, 5.74) is 3.90. The number of aliphatic hydroxyl groups is 1. The third-order valence-corrected chi connectivity index (χ3v) is 6.73. The van der Waals surface area contributed by atoms with E-state index in [9.17, 15) is 9.90 Å². The van der Waals surface area contributed by atoms with Crippen molar-refractivity contribution in [3.63, 3.8) is 0 Å². The van der Waals surface area contributed by atoms with Crippen molar-refractivity contribution in [1.82, 2.24) is 9.47 Å². The largest absolute Gasteiger partial charge is 0.387 e.